The number of hydrogen-bond donors (Lipinski definition) is 1. The molecule has 1 heterocycles. The van der Waals surface area contributed by atoms with Crippen molar-refractivity contribution in [1.29, 1.82) is 0 Å². The highest BCUT2D eigenvalue weighted by Crippen LogP contribution is 2.23. The molecule has 0 aromatic rings. The number of hydrogen-bond acceptors (Lipinski definition) is 3. The maximum Gasteiger partial charge on any atom is 0.244 e. The number of likely N-dealkylation sites (N-methyl/N-ethyl adjacent to an activating group) is 1. The standard InChI is InChI=1S/C13H25N3O2/c1-5-8-13(2,14)12(18)16-9-6-7-10(16)11(17)15(3)4/h10H,5-9,14H2,1-4H3. The van der Waals surface area contributed by atoms with Crippen molar-refractivity contribution in [1.82, 2.24) is 9.80 Å². The predicted octanol–water partition coefficient (Wildman–Crippen LogP) is 0.583. The second kappa shape index (κ2) is 5.69. The molecule has 5 heteroatoms. The van der Waals surface area contributed by atoms with E-state index in [4.69, 9.17) is 5.73 Å². The summed E-state index contributed by atoms with van der Waals surface area (Å²) in [5.74, 6) is -0.102. The second-order valence-corrected chi connectivity index (χ2v) is 5.56. The molecule has 0 saturated carbocycles. The van der Waals surface area contributed by atoms with Crippen molar-refractivity contribution in [2.75, 3.05) is 20.6 Å². The lowest BCUT2D eigenvalue weighted by Crippen LogP contribution is -2.56. The van der Waals surface area contributed by atoms with Gasteiger partial charge in [0.2, 0.25) is 11.8 Å². The van der Waals surface area contributed by atoms with Gasteiger partial charge in [0.25, 0.3) is 0 Å². The summed E-state index contributed by atoms with van der Waals surface area (Å²) in [5.41, 5.74) is 5.22. The van der Waals surface area contributed by atoms with Gasteiger partial charge < -0.3 is 15.5 Å². The van der Waals surface area contributed by atoms with Gasteiger partial charge in [0.05, 0.1) is 5.54 Å². The Morgan fingerprint density at radius 2 is 2.06 bits per heavy atom. The number of rotatable bonds is 4. The van der Waals surface area contributed by atoms with Crippen molar-refractivity contribution in [3.05, 3.63) is 0 Å². The normalized spacial score (nSPS) is 22.7. The number of nitrogens with zero attached hydrogens (tertiary/aromatic N) is 2. The Morgan fingerprint density at radius 3 is 2.56 bits per heavy atom. The molecule has 0 radical (unpaired) electrons. The van der Waals surface area contributed by atoms with E-state index in [0.29, 0.717) is 13.0 Å². The molecule has 1 fully saturated rings. The maximum atomic E-state index is 12.4. The van der Waals surface area contributed by atoms with E-state index in [-0.39, 0.29) is 17.9 Å². The number of amides is 2. The maximum absolute atomic E-state index is 12.4. The van der Waals surface area contributed by atoms with Gasteiger partial charge in [-0.05, 0) is 26.2 Å². The average Bonchev–Trinajstić information content (AvgIpc) is 2.75. The molecule has 2 unspecified atom stereocenters. The van der Waals surface area contributed by atoms with Gasteiger partial charge >= 0.3 is 0 Å². The van der Waals surface area contributed by atoms with Crippen LogP contribution in [0.5, 0.6) is 0 Å². The van der Waals surface area contributed by atoms with Crippen LogP contribution in [0.1, 0.15) is 39.5 Å². The van der Waals surface area contributed by atoms with E-state index in [0.717, 1.165) is 19.3 Å². The summed E-state index contributed by atoms with van der Waals surface area (Å²) >= 11 is 0. The summed E-state index contributed by atoms with van der Waals surface area (Å²) in [6.45, 7) is 4.40. The molecule has 0 spiro atoms. The topological polar surface area (TPSA) is 66.6 Å². The molecule has 1 rings (SSSR count). The Hall–Kier alpha value is -1.10. The molecule has 2 N–H and O–H groups in total. The van der Waals surface area contributed by atoms with Crippen LogP contribution in [0.2, 0.25) is 0 Å². The van der Waals surface area contributed by atoms with Crippen LogP contribution < -0.4 is 5.73 Å². The van der Waals surface area contributed by atoms with Gasteiger partial charge in [-0.15, -0.1) is 0 Å². The summed E-state index contributed by atoms with van der Waals surface area (Å²) < 4.78 is 0. The average molecular weight is 255 g/mol. The van der Waals surface area contributed by atoms with Gasteiger partial charge in [-0.25, -0.2) is 0 Å². The fourth-order valence-corrected chi connectivity index (χ4v) is 2.52. The Kier molecular flexibility index (Phi) is 4.73. The zero-order valence-electron chi connectivity index (χ0n) is 11.9. The van der Waals surface area contributed by atoms with Crippen molar-refractivity contribution in [3.8, 4) is 0 Å². The fourth-order valence-electron chi connectivity index (χ4n) is 2.52. The zero-order chi connectivity index (χ0) is 13.9. The van der Waals surface area contributed by atoms with Crippen LogP contribution in [0, 0.1) is 0 Å². The largest absolute Gasteiger partial charge is 0.347 e. The summed E-state index contributed by atoms with van der Waals surface area (Å²) in [4.78, 5) is 27.7. The van der Waals surface area contributed by atoms with E-state index in [9.17, 15) is 9.59 Å². The minimum absolute atomic E-state index is 0.00634. The van der Waals surface area contributed by atoms with Crippen LogP contribution in [0.3, 0.4) is 0 Å². The van der Waals surface area contributed by atoms with Gasteiger partial charge in [-0.3, -0.25) is 9.59 Å². The number of likely N-dealkylation sites (tertiary alicyclic amines) is 1. The Balaban J connectivity index is 2.81. The van der Waals surface area contributed by atoms with E-state index in [1.807, 2.05) is 6.92 Å². The van der Waals surface area contributed by atoms with Crippen molar-refractivity contribution in [2.45, 2.75) is 51.1 Å². The third kappa shape index (κ3) is 3.02. The molecule has 0 aromatic heterocycles. The van der Waals surface area contributed by atoms with Crippen LogP contribution in [0.25, 0.3) is 0 Å². The van der Waals surface area contributed by atoms with E-state index in [1.165, 1.54) is 0 Å². The SMILES string of the molecule is CCCC(C)(N)C(=O)N1CCCC1C(=O)N(C)C. The molecule has 0 bridgehead atoms. The monoisotopic (exact) mass is 255 g/mol. The first kappa shape index (κ1) is 15.0. The Bertz CT molecular complexity index is 326. The molecule has 1 aliphatic heterocycles. The van der Waals surface area contributed by atoms with Crippen molar-refractivity contribution >= 4 is 11.8 Å². The number of carbonyl (C=O) groups is 2. The van der Waals surface area contributed by atoms with Crippen molar-refractivity contribution < 1.29 is 9.59 Å². The molecule has 104 valence electrons. The van der Waals surface area contributed by atoms with E-state index >= 15 is 0 Å². The third-order valence-corrected chi connectivity index (χ3v) is 3.50. The quantitative estimate of drug-likeness (QED) is 0.799. The van der Waals surface area contributed by atoms with Gasteiger partial charge in [-0.2, -0.15) is 0 Å². The molecule has 5 nitrogen and oxygen atoms in total. The lowest BCUT2D eigenvalue weighted by molar-refractivity contribution is -0.145. The van der Waals surface area contributed by atoms with E-state index < -0.39 is 5.54 Å². The molecular formula is C13H25N3O2. The van der Waals surface area contributed by atoms with Crippen LogP contribution in [-0.2, 0) is 9.59 Å². The fraction of sp³-hybridized carbons (Fsp3) is 0.846. The summed E-state index contributed by atoms with van der Waals surface area (Å²) in [6.07, 6.45) is 3.12. The Labute approximate surface area is 109 Å². The highest BCUT2D eigenvalue weighted by molar-refractivity contribution is 5.92. The van der Waals surface area contributed by atoms with Crippen LogP contribution in [0.15, 0.2) is 0 Å². The van der Waals surface area contributed by atoms with Gasteiger partial charge in [0, 0.05) is 20.6 Å². The van der Waals surface area contributed by atoms with Crippen molar-refractivity contribution in [3.63, 3.8) is 0 Å². The van der Waals surface area contributed by atoms with E-state index in [1.54, 1.807) is 30.8 Å². The zero-order valence-corrected chi connectivity index (χ0v) is 11.9. The van der Waals surface area contributed by atoms with Gasteiger partial charge in [-0.1, -0.05) is 13.3 Å². The van der Waals surface area contributed by atoms with Crippen LogP contribution in [-0.4, -0.2) is 53.8 Å². The predicted molar refractivity (Wildman–Crippen MR) is 70.9 cm³/mol. The molecular weight excluding hydrogens is 230 g/mol. The first-order chi connectivity index (χ1) is 8.31. The summed E-state index contributed by atoms with van der Waals surface area (Å²) in [5, 5.41) is 0. The highest BCUT2D eigenvalue weighted by Gasteiger charge is 2.40. The molecule has 2 amide bonds. The first-order valence-electron chi connectivity index (χ1n) is 6.62. The van der Waals surface area contributed by atoms with Crippen molar-refractivity contribution in [2.24, 2.45) is 5.73 Å². The van der Waals surface area contributed by atoms with Crippen LogP contribution >= 0.6 is 0 Å². The van der Waals surface area contributed by atoms with E-state index in [2.05, 4.69) is 0 Å². The van der Waals surface area contributed by atoms with Gasteiger partial charge in [0.15, 0.2) is 0 Å². The second-order valence-electron chi connectivity index (χ2n) is 5.56. The molecule has 1 saturated heterocycles. The molecule has 0 aromatic carbocycles. The lowest BCUT2D eigenvalue weighted by Gasteiger charge is -2.33. The smallest absolute Gasteiger partial charge is 0.244 e. The lowest BCUT2D eigenvalue weighted by atomic mass is 9.95. The molecule has 0 aliphatic carbocycles. The Morgan fingerprint density at radius 1 is 1.44 bits per heavy atom. The molecule has 1 aliphatic rings. The number of nitrogens with two attached hydrogens (primary N) is 1. The summed E-state index contributed by atoms with van der Waals surface area (Å²) in [6, 6.07) is -0.327. The minimum Gasteiger partial charge on any atom is -0.347 e. The highest BCUT2D eigenvalue weighted by atomic mass is 16.2. The minimum atomic E-state index is -0.857. The third-order valence-electron chi connectivity index (χ3n) is 3.50. The van der Waals surface area contributed by atoms with Crippen LogP contribution in [0.4, 0.5) is 0 Å². The summed E-state index contributed by atoms with van der Waals surface area (Å²) in [7, 11) is 3.44. The molecule has 2 atom stereocenters. The van der Waals surface area contributed by atoms with Gasteiger partial charge in [0.1, 0.15) is 6.04 Å². The first-order valence-corrected chi connectivity index (χ1v) is 6.62. The number of carbonyl (C=O) groups excluding carboxylic acids is 2. The molecule has 18 heavy (non-hydrogen) atoms.